The lowest BCUT2D eigenvalue weighted by Gasteiger charge is -1.87. The van der Waals surface area contributed by atoms with Crippen molar-refractivity contribution in [2.45, 2.75) is 6.54 Å². The first-order valence-corrected chi connectivity index (χ1v) is 2.95. The first kappa shape index (κ1) is 5.34. The summed E-state index contributed by atoms with van der Waals surface area (Å²) in [4.78, 5) is 10.9. The fourth-order valence-electron chi connectivity index (χ4n) is 0.963. The minimum atomic E-state index is -0.0510. The van der Waals surface area contributed by atoms with Crippen LogP contribution in [0.15, 0.2) is 12.4 Å². The molecule has 10 heavy (non-hydrogen) atoms. The number of hydrogen-bond acceptors (Lipinski definition) is 3. The molecule has 4 heteroatoms. The van der Waals surface area contributed by atoms with E-state index in [9.17, 15) is 4.79 Å². The lowest BCUT2D eigenvalue weighted by atomic mass is 10.2. The van der Waals surface area contributed by atoms with Gasteiger partial charge in [0, 0.05) is 12.1 Å². The maximum absolute atomic E-state index is 10.9. The second-order valence-electron chi connectivity index (χ2n) is 2.11. The Balaban J connectivity index is 2.61. The fraction of sp³-hybridized carbons (Fsp3) is 0.167. The van der Waals surface area contributed by atoms with Crippen LogP contribution in [0.3, 0.4) is 0 Å². The highest BCUT2D eigenvalue weighted by atomic mass is 16.1. The zero-order chi connectivity index (χ0) is 6.97. The Morgan fingerprint density at radius 1 is 1.40 bits per heavy atom. The summed E-state index contributed by atoms with van der Waals surface area (Å²) in [6.07, 6.45) is 3.09. The van der Waals surface area contributed by atoms with Crippen LogP contribution in [0.25, 0.3) is 0 Å². The van der Waals surface area contributed by atoms with Crippen molar-refractivity contribution in [2.24, 2.45) is 0 Å². The lowest BCUT2D eigenvalue weighted by Crippen LogP contribution is -2.12. The van der Waals surface area contributed by atoms with E-state index in [1.165, 1.54) is 6.20 Å². The number of hydrogen-bond donors (Lipinski definition) is 1. The van der Waals surface area contributed by atoms with Gasteiger partial charge in [-0.15, -0.1) is 0 Å². The van der Waals surface area contributed by atoms with Crippen LogP contribution in [-0.2, 0) is 6.54 Å². The third-order valence-corrected chi connectivity index (χ3v) is 1.50. The number of carbonyl (C=O) groups excluding carboxylic acids is 1. The molecule has 0 aromatic carbocycles. The molecule has 1 amide bonds. The van der Waals surface area contributed by atoms with Gasteiger partial charge in [-0.3, -0.25) is 4.79 Å². The summed E-state index contributed by atoms with van der Waals surface area (Å²) in [7, 11) is 0. The highest BCUT2D eigenvalue weighted by Crippen LogP contribution is 2.10. The monoisotopic (exact) mass is 135 g/mol. The molecule has 0 saturated heterocycles. The van der Waals surface area contributed by atoms with Crippen molar-refractivity contribution >= 4 is 5.91 Å². The maximum Gasteiger partial charge on any atom is 0.253 e. The molecule has 0 atom stereocenters. The number of fused-ring (bicyclic) bond motifs is 1. The Hall–Kier alpha value is -1.45. The van der Waals surface area contributed by atoms with E-state index in [4.69, 9.17) is 0 Å². The third-order valence-electron chi connectivity index (χ3n) is 1.50. The molecule has 1 aromatic rings. The van der Waals surface area contributed by atoms with Gasteiger partial charge in [-0.05, 0) is 0 Å². The summed E-state index contributed by atoms with van der Waals surface area (Å²) < 4.78 is 0. The van der Waals surface area contributed by atoms with E-state index >= 15 is 0 Å². The molecule has 0 unspecified atom stereocenters. The molecule has 4 nitrogen and oxygen atoms in total. The van der Waals surface area contributed by atoms with Gasteiger partial charge in [-0.1, -0.05) is 0 Å². The summed E-state index contributed by atoms with van der Waals surface area (Å²) in [5, 5.41) is 9.91. The lowest BCUT2D eigenvalue weighted by molar-refractivity contribution is 0.0965. The number of amides is 1. The first-order chi connectivity index (χ1) is 4.88. The summed E-state index contributed by atoms with van der Waals surface area (Å²) in [6.45, 7) is 0.587. The number of aromatic nitrogens is 2. The Labute approximate surface area is 57.3 Å². The largest absolute Gasteiger partial charge is 0.348 e. The predicted octanol–water partition coefficient (Wildman–Crippen LogP) is -0.280. The molecule has 1 aliphatic heterocycles. The quantitative estimate of drug-likeness (QED) is 0.532. The van der Waals surface area contributed by atoms with E-state index in [2.05, 4.69) is 15.5 Å². The van der Waals surface area contributed by atoms with E-state index in [0.29, 0.717) is 12.1 Å². The van der Waals surface area contributed by atoms with Crippen LogP contribution >= 0.6 is 0 Å². The number of carbonyl (C=O) groups is 1. The Kier molecular flexibility index (Phi) is 0.943. The highest BCUT2D eigenvalue weighted by Gasteiger charge is 2.17. The predicted molar refractivity (Wildman–Crippen MR) is 33.2 cm³/mol. The van der Waals surface area contributed by atoms with Gasteiger partial charge in [-0.2, -0.15) is 10.2 Å². The van der Waals surface area contributed by atoms with Crippen LogP contribution < -0.4 is 5.32 Å². The molecule has 1 aromatic heterocycles. The molecule has 2 rings (SSSR count). The SMILES string of the molecule is O=C1NCc2cnncc21. The molecular weight excluding hydrogens is 130 g/mol. The van der Waals surface area contributed by atoms with Gasteiger partial charge in [-0.25, -0.2) is 0 Å². The second kappa shape index (κ2) is 1.76. The summed E-state index contributed by atoms with van der Waals surface area (Å²) in [5.74, 6) is -0.0510. The van der Waals surface area contributed by atoms with Crippen LogP contribution in [0.2, 0.25) is 0 Å². The standard InChI is InChI=1S/C6H5N3O/c10-6-5-3-9-8-2-4(5)1-7-6/h2-3H,1H2,(H,7,10). The summed E-state index contributed by atoms with van der Waals surface area (Å²) in [5.41, 5.74) is 1.58. The van der Waals surface area contributed by atoms with Crippen molar-refractivity contribution in [3.63, 3.8) is 0 Å². The van der Waals surface area contributed by atoms with Crippen LogP contribution in [0.5, 0.6) is 0 Å². The Bertz CT molecular complexity index is 284. The van der Waals surface area contributed by atoms with Crippen LogP contribution in [0.4, 0.5) is 0 Å². The van der Waals surface area contributed by atoms with Gasteiger partial charge in [0.05, 0.1) is 18.0 Å². The zero-order valence-corrected chi connectivity index (χ0v) is 5.16. The van der Waals surface area contributed by atoms with Gasteiger partial charge >= 0.3 is 0 Å². The molecule has 0 fully saturated rings. The topological polar surface area (TPSA) is 54.9 Å². The molecule has 0 aliphatic carbocycles. The van der Waals surface area contributed by atoms with Crippen LogP contribution in [0, 0.1) is 0 Å². The molecule has 1 N–H and O–H groups in total. The Morgan fingerprint density at radius 3 is 3.00 bits per heavy atom. The van der Waals surface area contributed by atoms with Gasteiger partial charge in [0.1, 0.15) is 0 Å². The second-order valence-corrected chi connectivity index (χ2v) is 2.11. The normalized spacial score (nSPS) is 14.6. The van der Waals surface area contributed by atoms with Crippen molar-refractivity contribution in [3.8, 4) is 0 Å². The molecule has 1 aliphatic rings. The van der Waals surface area contributed by atoms with E-state index < -0.39 is 0 Å². The Morgan fingerprint density at radius 2 is 2.20 bits per heavy atom. The number of nitrogens with one attached hydrogen (secondary N) is 1. The van der Waals surface area contributed by atoms with Crippen molar-refractivity contribution in [2.75, 3.05) is 0 Å². The minimum Gasteiger partial charge on any atom is -0.348 e. The van der Waals surface area contributed by atoms with Gasteiger partial charge in [0.15, 0.2) is 0 Å². The van der Waals surface area contributed by atoms with Gasteiger partial charge in [0.25, 0.3) is 5.91 Å². The number of rotatable bonds is 0. The number of nitrogens with zero attached hydrogens (tertiary/aromatic N) is 2. The van der Waals surface area contributed by atoms with Crippen LogP contribution in [0.1, 0.15) is 15.9 Å². The van der Waals surface area contributed by atoms with E-state index in [-0.39, 0.29) is 5.91 Å². The van der Waals surface area contributed by atoms with E-state index in [1.54, 1.807) is 6.20 Å². The van der Waals surface area contributed by atoms with Gasteiger partial charge in [0.2, 0.25) is 0 Å². The van der Waals surface area contributed by atoms with Gasteiger partial charge < -0.3 is 5.32 Å². The van der Waals surface area contributed by atoms with Crippen molar-refractivity contribution in [3.05, 3.63) is 23.5 Å². The van der Waals surface area contributed by atoms with E-state index in [0.717, 1.165) is 5.56 Å². The van der Waals surface area contributed by atoms with E-state index in [1.807, 2.05) is 0 Å². The summed E-state index contributed by atoms with van der Waals surface area (Å²) in [6, 6.07) is 0. The summed E-state index contributed by atoms with van der Waals surface area (Å²) >= 11 is 0. The van der Waals surface area contributed by atoms with Crippen LogP contribution in [-0.4, -0.2) is 16.1 Å². The molecule has 0 spiro atoms. The highest BCUT2D eigenvalue weighted by molar-refractivity contribution is 5.97. The molecule has 50 valence electrons. The molecule has 0 bridgehead atoms. The smallest absolute Gasteiger partial charge is 0.253 e. The minimum absolute atomic E-state index is 0.0510. The van der Waals surface area contributed by atoms with Crippen molar-refractivity contribution in [1.29, 1.82) is 0 Å². The van der Waals surface area contributed by atoms with Crippen molar-refractivity contribution in [1.82, 2.24) is 15.5 Å². The fourth-order valence-corrected chi connectivity index (χ4v) is 0.963. The molecular formula is C6H5N3O. The average Bonchev–Trinajstić information content (AvgIpc) is 2.34. The zero-order valence-electron chi connectivity index (χ0n) is 5.16. The molecule has 0 saturated carbocycles. The third kappa shape index (κ3) is 0.586. The average molecular weight is 135 g/mol. The maximum atomic E-state index is 10.9. The molecule has 0 radical (unpaired) electrons. The van der Waals surface area contributed by atoms with Crippen molar-refractivity contribution < 1.29 is 4.79 Å². The first-order valence-electron chi connectivity index (χ1n) is 2.95. The molecule has 2 heterocycles.